The molecule has 2 aliphatic rings. The van der Waals surface area contributed by atoms with Gasteiger partial charge in [-0.3, -0.25) is 9.69 Å². The lowest BCUT2D eigenvalue weighted by Crippen LogP contribution is -2.35. The number of thioether (sulfide) groups is 1. The molecular formula is C18H17NO3S2. The van der Waals surface area contributed by atoms with Gasteiger partial charge in [0.2, 0.25) is 0 Å². The highest BCUT2D eigenvalue weighted by atomic mass is 32.2. The second-order valence-electron chi connectivity index (χ2n) is 5.49. The summed E-state index contributed by atoms with van der Waals surface area (Å²) in [6.45, 7) is 1.55. The molecule has 1 aromatic carbocycles. The number of ether oxygens (including phenoxy) is 2. The fraction of sp³-hybridized carbons (Fsp3) is 0.333. The molecule has 2 fully saturated rings. The molecule has 24 heavy (non-hydrogen) atoms. The molecule has 1 atom stereocenters. The molecule has 124 valence electrons. The Balaban J connectivity index is 1.67. The van der Waals surface area contributed by atoms with Crippen molar-refractivity contribution in [1.29, 1.82) is 0 Å². The maximum absolute atomic E-state index is 12.6. The quantitative estimate of drug-likeness (QED) is 0.459. The number of carbonyl (C=O) groups is 1. The van der Waals surface area contributed by atoms with Crippen LogP contribution in [0.4, 0.5) is 0 Å². The van der Waals surface area contributed by atoms with E-state index in [2.05, 4.69) is 5.92 Å². The van der Waals surface area contributed by atoms with E-state index in [0.717, 1.165) is 25.0 Å². The Hall–Kier alpha value is -1.81. The Morgan fingerprint density at radius 3 is 2.92 bits per heavy atom. The normalized spacial score (nSPS) is 22.2. The van der Waals surface area contributed by atoms with Crippen molar-refractivity contribution in [2.75, 3.05) is 19.8 Å². The van der Waals surface area contributed by atoms with Crippen LogP contribution < -0.4 is 4.74 Å². The van der Waals surface area contributed by atoms with Gasteiger partial charge in [0.15, 0.2) is 0 Å². The summed E-state index contributed by atoms with van der Waals surface area (Å²) in [5, 5.41) is 0. The van der Waals surface area contributed by atoms with Crippen LogP contribution in [0.15, 0.2) is 29.2 Å². The Morgan fingerprint density at radius 1 is 1.46 bits per heavy atom. The molecule has 2 aliphatic heterocycles. The highest BCUT2D eigenvalue weighted by molar-refractivity contribution is 8.26. The lowest BCUT2D eigenvalue weighted by atomic mass is 10.2. The molecule has 0 radical (unpaired) electrons. The van der Waals surface area contributed by atoms with Gasteiger partial charge in [-0.2, -0.15) is 0 Å². The number of hydrogen-bond acceptors (Lipinski definition) is 5. The third-order valence-corrected chi connectivity index (χ3v) is 5.16. The molecule has 0 aromatic heterocycles. The zero-order valence-electron chi connectivity index (χ0n) is 13.1. The SMILES string of the molecule is C#CCOc1ccc(/C=C2\SC(=S)N(C[C@@H]3CCCO3)C2=O)cc1. The Labute approximate surface area is 151 Å². The monoisotopic (exact) mass is 359 g/mol. The first-order chi connectivity index (χ1) is 11.7. The molecule has 1 aromatic rings. The number of nitrogens with zero attached hydrogens (tertiary/aromatic N) is 1. The molecule has 0 spiro atoms. The van der Waals surface area contributed by atoms with Crippen LogP contribution in [-0.2, 0) is 9.53 Å². The molecule has 0 aliphatic carbocycles. The fourth-order valence-electron chi connectivity index (χ4n) is 2.59. The van der Waals surface area contributed by atoms with E-state index in [1.165, 1.54) is 11.8 Å². The summed E-state index contributed by atoms with van der Waals surface area (Å²) in [4.78, 5) is 14.8. The van der Waals surface area contributed by atoms with Gasteiger partial charge in [0.1, 0.15) is 16.7 Å². The molecule has 2 heterocycles. The first-order valence-corrected chi connectivity index (χ1v) is 8.93. The van der Waals surface area contributed by atoms with Crippen LogP contribution in [0, 0.1) is 12.3 Å². The number of amides is 1. The Morgan fingerprint density at radius 2 is 2.25 bits per heavy atom. The first kappa shape index (κ1) is 17.0. The number of hydrogen-bond donors (Lipinski definition) is 0. The molecule has 0 unspecified atom stereocenters. The predicted molar refractivity (Wildman–Crippen MR) is 99.6 cm³/mol. The third kappa shape index (κ3) is 3.99. The maximum Gasteiger partial charge on any atom is 0.266 e. The Kier molecular flexibility index (Phi) is 5.56. The van der Waals surface area contributed by atoms with E-state index in [4.69, 9.17) is 28.1 Å². The van der Waals surface area contributed by atoms with E-state index in [-0.39, 0.29) is 18.6 Å². The van der Waals surface area contributed by atoms with Gasteiger partial charge in [-0.15, -0.1) is 6.42 Å². The molecule has 2 saturated heterocycles. The topological polar surface area (TPSA) is 38.8 Å². The summed E-state index contributed by atoms with van der Waals surface area (Å²) in [6.07, 6.45) is 9.13. The molecule has 3 rings (SSSR count). The van der Waals surface area contributed by atoms with Crippen LogP contribution in [0.25, 0.3) is 6.08 Å². The van der Waals surface area contributed by atoms with Crippen molar-refractivity contribution >= 4 is 40.3 Å². The molecular weight excluding hydrogens is 342 g/mol. The molecule has 0 saturated carbocycles. The van der Waals surface area contributed by atoms with Crippen LogP contribution in [0.5, 0.6) is 5.75 Å². The minimum absolute atomic E-state index is 0.0480. The molecule has 0 N–H and O–H groups in total. The Bertz CT molecular complexity index is 700. The van der Waals surface area contributed by atoms with Crippen LogP contribution in [0.3, 0.4) is 0 Å². The lowest BCUT2D eigenvalue weighted by molar-refractivity contribution is -0.123. The minimum atomic E-state index is -0.0480. The summed E-state index contributed by atoms with van der Waals surface area (Å²) < 4.78 is 11.5. The number of terminal acetylenes is 1. The van der Waals surface area contributed by atoms with E-state index in [1.807, 2.05) is 30.3 Å². The van der Waals surface area contributed by atoms with Gasteiger partial charge < -0.3 is 9.47 Å². The average Bonchev–Trinajstić information content (AvgIpc) is 3.19. The molecule has 4 nitrogen and oxygen atoms in total. The third-order valence-electron chi connectivity index (χ3n) is 3.78. The zero-order valence-corrected chi connectivity index (χ0v) is 14.7. The van der Waals surface area contributed by atoms with Crippen molar-refractivity contribution in [3.05, 3.63) is 34.7 Å². The minimum Gasteiger partial charge on any atom is -0.481 e. The van der Waals surface area contributed by atoms with E-state index in [1.54, 1.807) is 4.90 Å². The number of rotatable bonds is 5. The highest BCUT2D eigenvalue weighted by Gasteiger charge is 2.34. The van der Waals surface area contributed by atoms with E-state index in [9.17, 15) is 4.79 Å². The largest absolute Gasteiger partial charge is 0.481 e. The van der Waals surface area contributed by atoms with Crippen molar-refractivity contribution in [3.8, 4) is 18.1 Å². The summed E-state index contributed by atoms with van der Waals surface area (Å²) >= 11 is 6.68. The average molecular weight is 359 g/mol. The zero-order chi connectivity index (χ0) is 16.9. The van der Waals surface area contributed by atoms with Crippen molar-refractivity contribution in [2.24, 2.45) is 0 Å². The molecule has 0 bridgehead atoms. The summed E-state index contributed by atoms with van der Waals surface area (Å²) in [6, 6.07) is 7.43. The summed E-state index contributed by atoms with van der Waals surface area (Å²) in [5.41, 5.74) is 0.917. The van der Waals surface area contributed by atoms with E-state index in [0.29, 0.717) is 21.5 Å². The standard InChI is InChI=1S/C18H17NO3S2/c1-2-9-21-14-7-5-13(6-8-14)11-16-17(20)19(18(23)24-16)12-15-4-3-10-22-15/h1,5-8,11,15H,3-4,9-10,12H2/b16-11-/t15-/m0/s1. The van der Waals surface area contributed by atoms with Gasteiger partial charge in [-0.05, 0) is 36.6 Å². The first-order valence-electron chi connectivity index (χ1n) is 7.70. The van der Waals surface area contributed by atoms with Crippen LogP contribution in [0.2, 0.25) is 0 Å². The predicted octanol–water partition coefficient (Wildman–Crippen LogP) is 3.08. The van der Waals surface area contributed by atoms with E-state index >= 15 is 0 Å². The fourth-order valence-corrected chi connectivity index (χ4v) is 3.86. The van der Waals surface area contributed by atoms with Crippen LogP contribution in [0.1, 0.15) is 18.4 Å². The van der Waals surface area contributed by atoms with Gasteiger partial charge in [0.25, 0.3) is 5.91 Å². The van der Waals surface area contributed by atoms with Crippen molar-refractivity contribution in [2.45, 2.75) is 18.9 Å². The van der Waals surface area contributed by atoms with Gasteiger partial charge in [-0.1, -0.05) is 42.0 Å². The smallest absolute Gasteiger partial charge is 0.266 e. The lowest BCUT2D eigenvalue weighted by Gasteiger charge is -2.18. The molecule has 6 heteroatoms. The van der Waals surface area contributed by atoms with Gasteiger partial charge >= 0.3 is 0 Å². The maximum atomic E-state index is 12.6. The number of benzene rings is 1. The number of carbonyl (C=O) groups excluding carboxylic acids is 1. The molecule has 1 amide bonds. The van der Waals surface area contributed by atoms with Gasteiger partial charge in [0.05, 0.1) is 17.6 Å². The highest BCUT2D eigenvalue weighted by Crippen LogP contribution is 2.33. The summed E-state index contributed by atoms with van der Waals surface area (Å²) in [7, 11) is 0. The van der Waals surface area contributed by atoms with E-state index < -0.39 is 0 Å². The number of thiocarbonyl (C=S) groups is 1. The van der Waals surface area contributed by atoms with Crippen LogP contribution in [-0.4, -0.2) is 41.0 Å². The van der Waals surface area contributed by atoms with Crippen molar-refractivity contribution < 1.29 is 14.3 Å². The van der Waals surface area contributed by atoms with Crippen molar-refractivity contribution in [1.82, 2.24) is 4.90 Å². The van der Waals surface area contributed by atoms with Crippen molar-refractivity contribution in [3.63, 3.8) is 0 Å². The second kappa shape index (κ2) is 7.84. The summed E-state index contributed by atoms with van der Waals surface area (Å²) in [5.74, 6) is 3.08. The van der Waals surface area contributed by atoms with Gasteiger partial charge in [0, 0.05) is 6.61 Å². The van der Waals surface area contributed by atoms with Crippen LogP contribution >= 0.6 is 24.0 Å². The second-order valence-corrected chi connectivity index (χ2v) is 7.16. The van der Waals surface area contributed by atoms with Gasteiger partial charge in [-0.25, -0.2) is 0 Å².